The molecule has 0 bridgehead atoms. The minimum absolute atomic E-state index is 0.0198. The summed E-state index contributed by atoms with van der Waals surface area (Å²) in [7, 11) is 0. The van der Waals surface area contributed by atoms with E-state index < -0.39 is 12.3 Å². The Hall–Kier alpha value is -2.39. The summed E-state index contributed by atoms with van der Waals surface area (Å²) in [6, 6.07) is 7.66. The summed E-state index contributed by atoms with van der Waals surface area (Å²) in [6.07, 6.45) is 3.19. The molecular weight excluding hydrogens is 392 g/mol. The molecule has 0 aliphatic carbocycles. The molecule has 1 aliphatic heterocycles. The van der Waals surface area contributed by atoms with Crippen molar-refractivity contribution in [2.75, 3.05) is 39.6 Å². The Morgan fingerprint density at radius 2 is 1.90 bits per heavy atom. The number of carboxylic acids is 1. The Bertz CT molecular complexity index is 843. The van der Waals surface area contributed by atoms with Crippen molar-refractivity contribution in [2.24, 2.45) is 5.92 Å². The number of aliphatic hydroxyl groups excluding tert-OH is 1. The molecule has 1 aromatic heterocycles. The van der Waals surface area contributed by atoms with E-state index in [4.69, 9.17) is 28.5 Å². The quantitative estimate of drug-likeness (QED) is 0.505. The summed E-state index contributed by atoms with van der Waals surface area (Å²) in [5.74, 6) is -1.68. The SMILES string of the molecule is CCO[C@H]1OC(C(=O)O)=C[C@@H](c2coc3ccccc23)[C@@H]1CCOCCOCCO. The lowest BCUT2D eigenvalue weighted by molar-refractivity contribution is -0.174. The molecule has 164 valence electrons. The number of hydrogen-bond donors (Lipinski definition) is 2. The van der Waals surface area contributed by atoms with E-state index >= 15 is 0 Å². The molecular formula is C22H28O8. The van der Waals surface area contributed by atoms with Crippen molar-refractivity contribution in [1.29, 1.82) is 0 Å². The van der Waals surface area contributed by atoms with E-state index in [1.807, 2.05) is 31.2 Å². The zero-order chi connectivity index (χ0) is 21.3. The van der Waals surface area contributed by atoms with Crippen molar-refractivity contribution in [3.8, 4) is 0 Å². The zero-order valence-electron chi connectivity index (χ0n) is 17.0. The van der Waals surface area contributed by atoms with Gasteiger partial charge in [0.25, 0.3) is 0 Å². The van der Waals surface area contributed by atoms with Crippen LogP contribution in [-0.4, -0.2) is 62.1 Å². The molecule has 0 radical (unpaired) electrons. The Morgan fingerprint density at radius 1 is 1.13 bits per heavy atom. The third kappa shape index (κ3) is 5.40. The summed E-state index contributed by atoms with van der Waals surface area (Å²) in [5, 5.41) is 19.2. The van der Waals surface area contributed by atoms with Crippen molar-refractivity contribution in [3.05, 3.63) is 47.9 Å². The molecule has 8 heteroatoms. The van der Waals surface area contributed by atoms with Gasteiger partial charge in [0.15, 0.2) is 0 Å². The van der Waals surface area contributed by atoms with Crippen LogP contribution in [0.15, 0.2) is 46.8 Å². The molecule has 0 saturated heterocycles. The first-order valence-corrected chi connectivity index (χ1v) is 10.1. The van der Waals surface area contributed by atoms with Crippen molar-refractivity contribution < 1.29 is 38.4 Å². The molecule has 30 heavy (non-hydrogen) atoms. The first kappa shape index (κ1) is 22.3. The number of allylic oxidation sites excluding steroid dienone is 1. The lowest BCUT2D eigenvalue weighted by atomic mass is 9.81. The van der Waals surface area contributed by atoms with Gasteiger partial charge in [-0.25, -0.2) is 4.79 Å². The molecule has 1 aliphatic rings. The largest absolute Gasteiger partial charge is 0.475 e. The molecule has 3 atom stereocenters. The van der Waals surface area contributed by atoms with Crippen molar-refractivity contribution >= 4 is 16.9 Å². The maximum Gasteiger partial charge on any atom is 0.370 e. The number of aliphatic hydroxyl groups is 1. The number of fused-ring (bicyclic) bond motifs is 1. The highest BCUT2D eigenvalue weighted by Gasteiger charge is 2.39. The summed E-state index contributed by atoms with van der Waals surface area (Å²) in [6.45, 7) is 3.73. The second kappa shape index (κ2) is 11.1. The highest BCUT2D eigenvalue weighted by Crippen LogP contribution is 2.41. The van der Waals surface area contributed by atoms with Crippen LogP contribution in [0.2, 0.25) is 0 Å². The Labute approximate surface area is 175 Å². The monoisotopic (exact) mass is 420 g/mol. The van der Waals surface area contributed by atoms with Gasteiger partial charge >= 0.3 is 5.97 Å². The zero-order valence-corrected chi connectivity index (χ0v) is 17.0. The van der Waals surface area contributed by atoms with Crippen LogP contribution >= 0.6 is 0 Å². The summed E-state index contributed by atoms with van der Waals surface area (Å²) >= 11 is 0. The molecule has 2 heterocycles. The Balaban J connectivity index is 1.80. The lowest BCUT2D eigenvalue weighted by Crippen LogP contribution is -2.37. The maximum atomic E-state index is 11.6. The minimum Gasteiger partial charge on any atom is -0.475 e. The summed E-state index contributed by atoms with van der Waals surface area (Å²) in [5.41, 5.74) is 1.64. The van der Waals surface area contributed by atoms with Gasteiger partial charge in [-0.2, -0.15) is 0 Å². The van der Waals surface area contributed by atoms with E-state index in [2.05, 4.69) is 0 Å². The van der Waals surface area contributed by atoms with E-state index in [9.17, 15) is 9.90 Å². The topological polar surface area (TPSA) is 108 Å². The highest BCUT2D eigenvalue weighted by molar-refractivity contribution is 5.86. The number of carbonyl (C=O) groups is 1. The van der Waals surface area contributed by atoms with Crippen LogP contribution < -0.4 is 0 Å². The van der Waals surface area contributed by atoms with Crippen molar-refractivity contribution in [3.63, 3.8) is 0 Å². The number of benzene rings is 1. The first-order valence-electron chi connectivity index (χ1n) is 10.1. The second-order valence-corrected chi connectivity index (χ2v) is 6.89. The molecule has 2 aromatic rings. The number of furan rings is 1. The van der Waals surface area contributed by atoms with E-state index in [0.717, 1.165) is 16.5 Å². The number of aliphatic carboxylic acids is 1. The van der Waals surface area contributed by atoms with Gasteiger partial charge in [-0.15, -0.1) is 0 Å². The van der Waals surface area contributed by atoms with Gasteiger partial charge in [0, 0.05) is 36.0 Å². The molecule has 0 unspecified atom stereocenters. The van der Waals surface area contributed by atoms with Gasteiger partial charge < -0.3 is 33.6 Å². The number of rotatable bonds is 12. The number of para-hydroxylation sites is 1. The average molecular weight is 420 g/mol. The molecule has 0 spiro atoms. The van der Waals surface area contributed by atoms with Gasteiger partial charge in [0.2, 0.25) is 12.0 Å². The smallest absolute Gasteiger partial charge is 0.370 e. The molecule has 2 N–H and O–H groups in total. The third-order valence-electron chi connectivity index (χ3n) is 5.00. The number of carboxylic acid groups (broad SMARTS) is 1. The van der Waals surface area contributed by atoms with Crippen molar-refractivity contribution in [1.82, 2.24) is 0 Å². The normalized spacial score (nSPS) is 21.4. The molecule has 0 fully saturated rings. The summed E-state index contributed by atoms with van der Waals surface area (Å²) in [4.78, 5) is 11.6. The first-order chi connectivity index (χ1) is 14.7. The number of ether oxygens (including phenoxy) is 4. The fraction of sp³-hybridized carbons (Fsp3) is 0.500. The molecule has 3 rings (SSSR count). The van der Waals surface area contributed by atoms with Crippen LogP contribution in [0.4, 0.5) is 0 Å². The van der Waals surface area contributed by atoms with Crippen molar-refractivity contribution in [2.45, 2.75) is 25.6 Å². The summed E-state index contributed by atoms with van der Waals surface area (Å²) < 4.78 is 28.0. The van der Waals surface area contributed by atoms with Gasteiger partial charge in [0.05, 0.1) is 32.7 Å². The molecule has 0 amide bonds. The van der Waals surface area contributed by atoms with E-state index in [1.54, 1.807) is 12.3 Å². The van der Waals surface area contributed by atoms with Crippen LogP contribution in [0.25, 0.3) is 11.0 Å². The molecule has 1 aromatic carbocycles. The van der Waals surface area contributed by atoms with Crippen LogP contribution in [0.5, 0.6) is 0 Å². The fourth-order valence-corrected chi connectivity index (χ4v) is 3.65. The lowest BCUT2D eigenvalue weighted by Gasteiger charge is -2.36. The standard InChI is InChI=1S/C22H28O8/c1-2-28-22-16(7-9-26-11-12-27-10-8-23)17(13-20(30-22)21(24)25)18-14-29-19-6-4-3-5-15(18)19/h3-6,13-14,16-17,22-23H,2,7-12H2,1H3,(H,24,25)/t16-,17+,22-/m0/s1. The predicted octanol–water partition coefficient (Wildman–Crippen LogP) is 2.91. The van der Waals surface area contributed by atoms with Crippen LogP contribution in [0.3, 0.4) is 0 Å². The van der Waals surface area contributed by atoms with Crippen LogP contribution in [0.1, 0.15) is 24.8 Å². The Morgan fingerprint density at radius 3 is 2.63 bits per heavy atom. The van der Waals surface area contributed by atoms with Crippen LogP contribution in [-0.2, 0) is 23.7 Å². The maximum absolute atomic E-state index is 11.6. The third-order valence-corrected chi connectivity index (χ3v) is 5.00. The van der Waals surface area contributed by atoms with E-state index in [1.165, 1.54) is 0 Å². The molecule has 8 nitrogen and oxygen atoms in total. The Kier molecular flexibility index (Phi) is 8.27. The van der Waals surface area contributed by atoms with Crippen LogP contribution in [0, 0.1) is 5.92 Å². The minimum atomic E-state index is -1.13. The highest BCUT2D eigenvalue weighted by atomic mass is 16.7. The van der Waals surface area contributed by atoms with E-state index in [0.29, 0.717) is 32.8 Å². The van der Waals surface area contributed by atoms with E-state index in [-0.39, 0.29) is 30.8 Å². The number of hydrogen-bond acceptors (Lipinski definition) is 7. The second-order valence-electron chi connectivity index (χ2n) is 6.89. The molecule has 0 saturated carbocycles. The predicted molar refractivity (Wildman–Crippen MR) is 108 cm³/mol. The van der Waals surface area contributed by atoms with Gasteiger partial charge in [-0.1, -0.05) is 18.2 Å². The van der Waals surface area contributed by atoms with Gasteiger partial charge in [-0.3, -0.25) is 0 Å². The fourth-order valence-electron chi connectivity index (χ4n) is 3.65. The average Bonchev–Trinajstić information content (AvgIpc) is 3.17. The van der Waals surface area contributed by atoms with Gasteiger partial charge in [0.1, 0.15) is 5.58 Å². The van der Waals surface area contributed by atoms with Gasteiger partial charge in [-0.05, 0) is 25.5 Å².